The molecule has 2 fully saturated rings. The molecule has 1 aliphatic carbocycles. The van der Waals surface area contributed by atoms with Crippen LogP contribution in [0.3, 0.4) is 0 Å². The number of nitrogens with one attached hydrogen (secondary N) is 1. The molecule has 1 N–H and O–H groups in total. The van der Waals surface area contributed by atoms with E-state index in [2.05, 4.69) is 54.4 Å². The van der Waals surface area contributed by atoms with Crippen molar-refractivity contribution in [1.82, 2.24) is 10.2 Å². The van der Waals surface area contributed by atoms with Gasteiger partial charge in [-0.3, -0.25) is 4.90 Å². The van der Waals surface area contributed by atoms with Crippen LogP contribution in [0.25, 0.3) is 0 Å². The van der Waals surface area contributed by atoms with Gasteiger partial charge in [0.1, 0.15) is 0 Å². The minimum Gasteiger partial charge on any atom is -0.309 e. The fourth-order valence-corrected chi connectivity index (χ4v) is 3.67. The van der Waals surface area contributed by atoms with Crippen molar-refractivity contribution in [1.29, 1.82) is 0 Å². The van der Waals surface area contributed by atoms with E-state index in [1.54, 1.807) is 0 Å². The SMILES string of the molecule is CCC1(C)CN(CC2CCC2)C(Cc2ccccc2)CN1. The summed E-state index contributed by atoms with van der Waals surface area (Å²) in [4.78, 5) is 2.79. The normalized spacial score (nSPS) is 31.0. The van der Waals surface area contributed by atoms with Crippen molar-refractivity contribution in [2.24, 2.45) is 5.92 Å². The zero-order chi connectivity index (χ0) is 14.7. The molecule has 1 heterocycles. The lowest BCUT2D eigenvalue weighted by atomic mass is 9.83. The van der Waals surface area contributed by atoms with E-state index in [9.17, 15) is 0 Å². The first-order valence-electron chi connectivity index (χ1n) is 8.71. The number of rotatable bonds is 5. The highest BCUT2D eigenvalue weighted by atomic mass is 15.3. The Bertz CT molecular complexity index is 440. The highest BCUT2D eigenvalue weighted by Crippen LogP contribution is 2.30. The van der Waals surface area contributed by atoms with E-state index in [1.165, 1.54) is 50.8 Å². The third-order valence-electron chi connectivity index (χ3n) is 5.64. The zero-order valence-electron chi connectivity index (χ0n) is 13.6. The maximum absolute atomic E-state index is 3.81. The van der Waals surface area contributed by atoms with Gasteiger partial charge in [0.05, 0.1) is 0 Å². The molecule has 1 aromatic carbocycles. The summed E-state index contributed by atoms with van der Waals surface area (Å²) in [7, 11) is 0. The Morgan fingerprint density at radius 1 is 1.24 bits per heavy atom. The minimum absolute atomic E-state index is 0.303. The second-order valence-corrected chi connectivity index (χ2v) is 7.37. The van der Waals surface area contributed by atoms with Crippen LogP contribution in [0.1, 0.15) is 45.1 Å². The molecule has 2 heteroatoms. The smallest absolute Gasteiger partial charge is 0.0278 e. The van der Waals surface area contributed by atoms with Gasteiger partial charge in [-0.25, -0.2) is 0 Å². The lowest BCUT2D eigenvalue weighted by molar-refractivity contribution is 0.0554. The van der Waals surface area contributed by atoms with Crippen LogP contribution in [0.2, 0.25) is 0 Å². The lowest BCUT2D eigenvalue weighted by Crippen LogP contribution is -2.64. The number of piperazine rings is 1. The molecule has 1 aromatic rings. The van der Waals surface area contributed by atoms with E-state index in [4.69, 9.17) is 0 Å². The molecule has 3 rings (SSSR count). The largest absolute Gasteiger partial charge is 0.309 e. The van der Waals surface area contributed by atoms with E-state index >= 15 is 0 Å². The summed E-state index contributed by atoms with van der Waals surface area (Å²) in [5, 5.41) is 3.81. The fourth-order valence-electron chi connectivity index (χ4n) is 3.67. The summed E-state index contributed by atoms with van der Waals surface area (Å²) in [6.45, 7) is 8.35. The molecule has 1 saturated carbocycles. The quantitative estimate of drug-likeness (QED) is 0.891. The molecule has 0 spiro atoms. The summed E-state index contributed by atoms with van der Waals surface area (Å²) < 4.78 is 0. The highest BCUT2D eigenvalue weighted by Gasteiger charge is 2.36. The van der Waals surface area contributed by atoms with Gasteiger partial charge >= 0.3 is 0 Å². The van der Waals surface area contributed by atoms with Crippen LogP contribution in [-0.2, 0) is 6.42 Å². The summed E-state index contributed by atoms with van der Waals surface area (Å²) in [5.41, 5.74) is 1.78. The maximum Gasteiger partial charge on any atom is 0.0278 e. The molecular weight excluding hydrogens is 256 g/mol. The van der Waals surface area contributed by atoms with E-state index in [-0.39, 0.29) is 0 Å². The van der Waals surface area contributed by atoms with Crippen LogP contribution in [0, 0.1) is 5.92 Å². The lowest BCUT2D eigenvalue weighted by Gasteiger charge is -2.48. The molecule has 2 aliphatic rings. The second kappa shape index (κ2) is 6.50. The number of hydrogen-bond acceptors (Lipinski definition) is 2. The summed E-state index contributed by atoms with van der Waals surface area (Å²) in [6.07, 6.45) is 6.74. The van der Waals surface area contributed by atoms with E-state index in [0.29, 0.717) is 11.6 Å². The monoisotopic (exact) mass is 286 g/mol. The Labute approximate surface area is 129 Å². The molecular formula is C19H30N2. The number of nitrogens with zero attached hydrogens (tertiary/aromatic N) is 1. The van der Waals surface area contributed by atoms with Crippen LogP contribution in [0.4, 0.5) is 0 Å². The van der Waals surface area contributed by atoms with Gasteiger partial charge in [0.15, 0.2) is 0 Å². The molecule has 2 unspecified atom stereocenters. The third-order valence-corrected chi connectivity index (χ3v) is 5.64. The first kappa shape index (κ1) is 15.1. The molecule has 0 aromatic heterocycles. The molecule has 21 heavy (non-hydrogen) atoms. The molecule has 0 bridgehead atoms. The van der Waals surface area contributed by atoms with Crippen molar-refractivity contribution in [3.8, 4) is 0 Å². The predicted octanol–water partition coefficient (Wildman–Crippen LogP) is 3.47. The Balaban J connectivity index is 1.67. The first-order valence-corrected chi connectivity index (χ1v) is 8.71. The molecule has 2 nitrogen and oxygen atoms in total. The van der Waals surface area contributed by atoms with Crippen molar-refractivity contribution in [3.05, 3.63) is 35.9 Å². The van der Waals surface area contributed by atoms with Crippen LogP contribution in [-0.4, -0.2) is 36.1 Å². The average molecular weight is 286 g/mol. The van der Waals surface area contributed by atoms with Crippen molar-refractivity contribution < 1.29 is 0 Å². The molecule has 0 amide bonds. The Morgan fingerprint density at radius 3 is 2.62 bits per heavy atom. The Morgan fingerprint density at radius 2 is 2.00 bits per heavy atom. The molecule has 0 radical (unpaired) electrons. The van der Waals surface area contributed by atoms with E-state index in [0.717, 1.165) is 12.5 Å². The van der Waals surface area contributed by atoms with Crippen LogP contribution in [0.5, 0.6) is 0 Å². The van der Waals surface area contributed by atoms with Gasteiger partial charge in [-0.05, 0) is 44.1 Å². The van der Waals surface area contributed by atoms with Gasteiger partial charge in [-0.15, -0.1) is 0 Å². The fraction of sp³-hybridized carbons (Fsp3) is 0.684. The number of hydrogen-bond donors (Lipinski definition) is 1. The highest BCUT2D eigenvalue weighted by molar-refractivity contribution is 5.16. The molecule has 116 valence electrons. The zero-order valence-corrected chi connectivity index (χ0v) is 13.6. The second-order valence-electron chi connectivity index (χ2n) is 7.37. The predicted molar refractivity (Wildman–Crippen MR) is 89.5 cm³/mol. The van der Waals surface area contributed by atoms with E-state index < -0.39 is 0 Å². The van der Waals surface area contributed by atoms with Crippen molar-refractivity contribution >= 4 is 0 Å². The van der Waals surface area contributed by atoms with Gasteiger partial charge in [0, 0.05) is 31.2 Å². The topological polar surface area (TPSA) is 15.3 Å². The Hall–Kier alpha value is -0.860. The van der Waals surface area contributed by atoms with Gasteiger partial charge in [0.25, 0.3) is 0 Å². The third kappa shape index (κ3) is 3.67. The first-order chi connectivity index (χ1) is 10.2. The maximum atomic E-state index is 3.81. The van der Waals surface area contributed by atoms with Crippen molar-refractivity contribution in [2.75, 3.05) is 19.6 Å². The average Bonchev–Trinajstić information content (AvgIpc) is 2.47. The van der Waals surface area contributed by atoms with Crippen LogP contribution >= 0.6 is 0 Å². The van der Waals surface area contributed by atoms with Crippen LogP contribution < -0.4 is 5.32 Å². The number of benzene rings is 1. The van der Waals surface area contributed by atoms with Crippen LogP contribution in [0.15, 0.2) is 30.3 Å². The van der Waals surface area contributed by atoms with Gasteiger partial charge in [-0.2, -0.15) is 0 Å². The minimum atomic E-state index is 0.303. The molecule has 1 aliphatic heterocycles. The summed E-state index contributed by atoms with van der Waals surface area (Å²) >= 11 is 0. The van der Waals surface area contributed by atoms with Gasteiger partial charge in [0.2, 0.25) is 0 Å². The van der Waals surface area contributed by atoms with Gasteiger partial charge < -0.3 is 5.32 Å². The van der Waals surface area contributed by atoms with Crippen molar-refractivity contribution in [2.45, 2.75) is 57.5 Å². The molecule has 2 atom stereocenters. The molecule has 1 saturated heterocycles. The summed E-state index contributed by atoms with van der Waals surface area (Å²) in [6, 6.07) is 11.6. The summed E-state index contributed by atoms with van der Waals surface area (Å²) in [5.74, 6) is 0.961. The van der Waals surface area contributed by atoms with E-state index in [1.807, 2.05) is 0 Å². The van der Waals surface area contributed by atoms with Crippen molar-refractivity contribution in [3.63, 3.8) is 0 Å². The van der Waals surface area contributed by atoms with Gasteiger partial charge in [-0.1, -0.05) is 43.7 Å². The Kier molecular flexibility index (Phi) is 4.66. The standard InChI is InChI=1S/C19H30N2/c1-3-19(2)15-21(14-17-10-7-11-17)18(13-20-19)12-16-8-5-4-6-9-16/h4-6,8-9,17-18,20H,3,7,10-15H2,1-2H3.